The van der Waals surface area contributed by atoms with Crippen molar-refractivity contribution in [2.24, 2.45) is 0 Å². The van der Waals surface area contributed by atoms with Crippen LogP contribution in [0.15, 0.2) is 0 Å². The van der Waals surface area contributed by atoms with E-state index in [-0.39, 0.29) is 6.29 Å². The van der Waals surface area contributed by atoms with E-state index in [4.69, 9.17) is 55.9 Å². The van der Waals surface area contributed by atoms with Gasteiger partial charge in [0.2, 0.25) is 0 Å². The Kier molecular flexibility index (Phi) is 23.2. The lowest BCUT2D eigenvalue weighted by Gasteiger charge is -2.22. The molecular formula is C16H24O18. The zero-order valence-corrected chi connectivity index (χ0v) is 17.2. The largest absolute Gasteiger partial charge is 0.481 e. The van der Waals surface area contributed by atoms with Gasteiger partial charge in [-0.05, 0) is 0 Å². The number of ketones is 2. The van der Waals surface area contributed by atoms with Crippen molar-refractivity contribution >= 4 is 47.7 Å². The normalized spacial score (nSPS) is 12.6. The van der Waals surface area contributed by atoms with Gasteiger partial charge in [0.25, 0.3) is 17.5 Å². The van der Waals surface area contributed by atoms with Crippen LogP contribution in [0.3, 0.4) is 0 Å². The molecule has 34 heavy (non-hydrogen) atoms. The van der Waals surface area contributed by atoms with Crippen molar-refractivity contribution in [2.45, 2.75) is 44.2 Å². The molecule has 10 N–H and O–H groups in total. The molecular weight excluding hydrogens is 480 g/mol. The molecule has 0 aromatic carbocycles. The quantitative estimate of drug-likeness (QED) is 0.0714. The molecule has 0 fully saturated rings. The average molecular weight is 504 g/mol. The van der Waals surface area contributed by atoms with Crippen LogP contribution in [0.25, 0.3) is 0 Å². The van der Waals surface area contributed by atoms with Gasteiger partial charge in [0.1, 0.15) is 37.3 Å². The van der Waals surface area contributed by atoms with E-state index in [0.29, 0.717) is 0 Å². The van der Waals surface area contributed by atoms with E-state index in [2.05, 4.69) is 0 Å². The molecule has 0 radical (unpaired) electrons. The molecule has 0 aliphatic heterocycles. The van der Waals surface area contributed by atoms with Crippen molar-refractivity contribution in [3.05, 3.63) is 0 Å². The minimum atomic E-state index is -1.79. The van der Waals surface area contributed by atoms with Crippen LogP contribution < -0.4 is 0 Å². The minimum absolute atomic E-state index is 0.0258. The van der Waals surface area contributed by atoms with E-state index < -0.39 is 85.3 Å². The van der Waals surface area contributed by atoms with Gasteiger partial charge in [-0.15, -0.1) is 0 Å². The third kappa shape index (κ3) is 26.2. The number of carboxylic acid groups (broad SMARTS) is 5. The first-order chi connectivity index (χ1) is 15.3. The molecule has 0 spiro atoms. The van der Waals surface area contributed by atoms with Crippen molar-refractivity contribution in [1.82, 2.24) is 0 Å². The van der Waals surface area contributed by atoms with E-state index in [9.17, 15) is 33.6 Å². The molecule has 0 bridgehead atoms. The number of aliphatic hydroxyl groups is 5. The lowest BCUT2D eigenvalue weighted by molar-refractivity contribution is -0.152. The Labute approximate surface area is 188 Å². The van der Waals surface area contributed by atoms with Gasteiger partial charge in [0, 0.05) is 6.92 Å². The standard InChI is InChI=1S/C6H12O6.2C4H4O5.C2H4O2/c7-1-3(9)5(11)6(12)4(10)2-8;2*5-2(4(8)9)1-3(6)7;1-2(3)4/h1,3-6,8-12H,2H2;2*1H2,(H,6,7)(H,8,9);1H3,(H,3,4). The predicted octanol–water partition coefficient (Wildman–Crippen LogP) is -5.06. The molecule has 0 amide bonds. The molecule has 0 saturated carbocycles. The van der Waals surface area contributed by atoms with Crippen LogP contribution in [-0.2, 0) is 38.4 Å². The SMILES string of the molecule is CC(=O)O.O=C(O)CC(=O)C(=O)O.O=C(O)CC(=O)C(=O)O.O=CC(O)C(O)C(O)C(O)CO. The Balaban J connectivity index is -0.000000186. The van der Waals surface area contributed by atoms with Crippen molar-refractivity contribution < 1.29 is 89.4 Å². The number of carbonyl (C=O) groups excluding carboxylic acids is 3. The highest BCUT2D eigenvalue weighted by molar-refractivity contribution is 6.36. The number of hydrogen-bond donors (Lipinski definition) is 10. The van der Waals surface area contributed by atoms with Crippen LogP contribution in [0.5, 0.6) is 0 Å². The van der Waals surface area contributed by atoms with Gasteiger partial charge >= 0.3 is 23.9 Å². The molecule has 0 aromatic heterocycles. The predicted molar refractivity (Wildman–Crippen MR) is 100 cm³/mol. The maximum absolute atomic E-state index is 9.97. The van der Waals surface area contributed by atoms with Crippen LogP contribution in [0.1, 0.15) is 19.8 Å². The highest BCUT2D eigenvalue weighted by Crippen LogP contribution is 2.02. The fraction of sp³-hybridized carbons (Fsp3) is 0.500. The zero-order valence-electron chi connectivity index (χ0n) is 17.2. The minimum Gasteiger partial charge on any atom is -0.481 e. The Morgan fingerprint density at radius 2 is 0.971 bits per heavy atom. The van der Waals surface area contributed by atoms with Crippen molar-refractivity contribution in [1.29, 1.82) is 0 Å². The monoisotopic (exact) mass is 504 g/mol. The van der Waals surface area contributed by atoms with Crippen molar-refractivity contribution in [3.8, 4) is 0 Å². The molecule has 4 unspecified atom stereocenters. The molecule has 0 rings (SSSR count). The lowest BCUT2D eigenvalue weighted by Crippen LogP contribution is -2.46. The topological polar surface area (TPSA) is 339 Å². The van der Waals surface area contributed by atoms with Gasteiger partial charge in [-0.25, -0.2) is 9.59 Å². The fourth-order valence-corrected chi connectivity index (χ4v) is 1.04. The zero-order chi connectivity index (χ0) is 28.2. The third-order valence-electron chi connectivity index (χ3n) is 2.52. The highest BCUT2D eigenvalue weighted by Gasteiger charge is 2.29. The van der Waals surface area contributed by atoms with E-state index in [1.54, 1.807) is 0 Å². The summed E-state index contributed by atoms with van der Waals surface area (Å²) >= 11 is 0. The summed E-state index contributed by atoms with van der Waals surface area (Å²) in [6.45, 7) is 0.323. The van der Waals surface area contributed by atoms with Gasteiger partial charge in [0.05, 0.1) is 6.61 Å². The molecule has 0 aliphatic rings. The smallest absolute Gasteiger partial charge is 0.372 e. The van der Waals surface area contributed by atoms with E-state index >= 15 is 0 Å². The van der Waals surface area contributed by atoms with Gasteiger partial charge in [0.15, 0.2) is 6.29 Å². The fourth-order valence-electron chi connectivity index (χ4n) is 1.04. The average Bonchev–Trinajstić information content (AvgIpc) is 2.70. The molecule has 0 aliphatic carbocycles. The first-order valence-corrected chi connectivity index (χ1v) is 8.29. The molecule has 196 valence electrons. The summed E-state index contributed by atoms with van der Waals surface area (Å²) < 4.78 is 0. The number of rotatable bonds is 11. The highest BCUT2D eigenvalue weighted by atomic mass is 16.4. The Morgan fingerprint density at radius 3 is 1.12 bits per heavy atom. The molecule has 0 heterocycles. The summed E-state index contributed by atoms with van der Waals surface area (Å²) in [5, 5.41) is 82.3. The van der Waals surface area contributed by atoms with Crippen LogP contribution in [0.4, 0.5) is 0 Å². The number of Topliss-reactive ketones (excluding diaryl/α,β-unsaturated/α-hetero) is 2. The van der Waals surface area contributed by atoms with Crippen LogP contribution >= 0.6 is 0 Å². The Hall–Kier alpha value is -3.84. The second-order valence-electron chi connectivity index (χ2n) is 5.47. The van der Waals surface area contributed by atoms with Crippen molar-refractivity contribution in [2.75, 3.05) is 6.61 Å². The third-order valence-corrected chi connectivity index (χ3v) is 2.52. The molecule has 18 nitrogen and oxygen atoms in total. The molecule has 4 atom stereocenters. The first kappa shape index (κ1) is 37.5. The second kappa shape index (κ2) is 21.0. The second-order valence-corrected chi connectivity index (χ2v) is 5.47. The van der Waals surface area contributed by atoms with Gasteiger partial charge in [-0.3, -0.25) is 24.0 Å². The van der Waals surface area contributed by atoms with Crippen LogP contribution in [0.2, 0.25) is 0 Å². The molecule has 0 aromatic rings. The van der Waals surface area contributed by atoms with E-state index in [1.165, 1.54) is 0 Å². The van der Waals surface area contributed by atoms with E-state index in [0.717, 1.165) is 6.92 Å². The number of aldehydes is 1. The molecule has 0 saturated heterocycles. The van der Waals surface area contributed by atoms with Gasteiger partial charge < -0.3 is 55.9 Å². The first-order valence-electron chi connectivity index (χ1n) is 8.29. The molecule has 18 heteroatoms. The number of carboxylic acids is 5. The van der Waals surface area contributed by atoms with Crippen LogP contribution in [0, 0.1) is 0 Å². The summed E-state index contributed by atoms with van der Waals surface area (Å²) in [7, 11) is 0. The number of hydrogen-bond acceptors (Lipinski definition) is 13. The van der Waals surface area contributed by atoms with Gasteiger partial charge in [-0.2, -0.15) is 0 Å². The van der Waals surface area contributed by atoms with Crippen LogP contribution in [-0.4, -0.2) is 130 Å². The van der Waals surface area contributed by atoms with E-state index in [1.807, 2.05) is 0 Å². The maximum Gasteiger partial charge on any atom is 0.372 e. The lowest BCUT2D eigenvalue weighted by atomic mass is 10.0. The number of aliphatic hydroxyl groups excluding tert-OH is 5. The van der Waals surface area contributed by atoms with Gasteiger partial charge in [-0.1, -0.05) is 0 Å². The summed E-state index contributed by atoms with van der Waals surface area (Å²) in [5.74, 6) is -9.72. The summed E-state index contributed by atoms with van der Waals surface area (Å²) in [6, 6.07) is 0. The summed E-state index contributed by atoms with van der Waals surface area (Å²) in [4.78, 5) is 77.3. The Bertz CT molecular complexity index is 671. The Morgan fingerprint density at radius 1 is 0.676 bits per heavy atom. The maximum atomic E-state index is 9.97. The summed E-state index contributed by atoms with van der Waals surface area (Å²) in [5.41, 5.74) is 0. The number of carbonyl (C=O) groups is 8. The summed E-state index contributed by atoms with van der Waals surface area (Å²) in [6.07, 6.45) is -8.74. The number of aliphatic carboxylic acids is 5. The van der Waals surface area contributed by atoms with Crippen molar-refractivity contribution in [3.63, 3.8) is 0 Å².